The van der Waals surface area contributed by atoms with Gasteiger partial charge in [0.25, 0.3) is 0 Å². The molecule has 1 N–H and O–H groups in total. The molecule has 0 aromatic heterocycles. The number of halogens is 1. The molecule has 132 valence electrons. The van der Waals surface area contributed by atoms with E-state index in [0.29, 0.717) is 12.1 Å². The number of benzene rings is 1. The van der Waals surface area contributed by atoms with E-state index in [-0.39, 0.29) is 0 Å². The lowest BCUT2D eigenvalue weighted by molar-refractivity contribution is -0.0206. The van der Waals surface area contributed by atoms with Crippen LogP contribution in [0.15, 0.2) is 12.1 Å². The molecule has 4 bridgehead atoms. The molecule has 0 unspecified atom stereocenters. The summed E-state index contributed by atoms with van der Waals surface area (Å²) in [5.41, 5.74) is 1.46. The smallest absolute Gasteiger partial charge is 0.162 e. The summed E-state index contributed by atoms with van der Waals surface area (Å²) in [5.74, 6) is 4.35. The molecule has 4 fully saturated rings. The van der Waals surface area contributed by atoms with E-state index in [0.717, 1.165) is 46.4 Å². The Morgan fingerprint density at radius 1 is 1.08 bits per heavy atom. The summed E-state index contributed by atoms with van der Waals surface area (Å²) in [5, 5.41) is 4.67. The number of ether oxygens (including phenoxy) is 2. The molecule has 5 rings (SSSR count). The molecular weight excluding hydrogens is 322 g/mol. The van der Waals surface area contributed by atoms with E-state index in [2.05, 4.69) is 5.32 Å². The van der Waals surface area contributed by atoms with Crippen molar-refractivity contribution in [3.05, 3.63) is 22.7 Å². The van der Waals surface area contributed by atoms with Crippen LogP contribution in [0.5, 0.6) is 11.5 Å². The third-order valence-electron chi connectivity index (χ3n) is 6.32. The van der Waals surface area contributed by atoms with Crippen LogP contribution in [0.3, 0.4) is 0 Å². The van der Waals surface area contributed by atoms with Crippen molar-refractivity contribution in [1.82, 2.24) is 5.32 Å². The highest BCUT2D eigenvalue weighted by atomic mass is 35.5. The predicted molar refractivity (Wildman–Crippen MR) is 96.9 cm³/mol. The molecule has 0 radical (unpaired) electrons. The predicted octanol–water partition coefficient (Wildman–Crippen LogP) is 4.81. The molecule has 4 saturated carbocycles. The van der Waals surface area contributed by atoms with Crippen LogP contribution in [0.2, 0.25) is 5.02 Å². The Morgan fingerprint density at radius 2 is 1.71 bits per heavy atom. The van der Waals surface area contributed by atoms with E-state index in [1.54, 1.807) is 7.11 Å². The molecular formula is C20H28ClNO2. The van der Waals surface area contributed by atoms with Crippen LogP contribution in [0.25, 0.3) is 0 Å². The van der Waals surface area contributed by atoms with Gasteiger partial charge in [-0.2, -0.15) is 0 Å². The van der Waals surface area contributed by atoms with Crippen molar-refractivity contribution in [1.29, 1.82) is 0 Å². The first-order chi connectivity index (χ1) is 11.6. The van der Waals surface area contributed by atoms with Gasteiger partial charge in [0.2, 0.25) is 0 Å². The van der Waals surface area contributed by atoms with Gasteiger partial charge in [-0.15, -0.1) is 0 Å². The molecule has 4 heteroatoms. The second kappa shape index (κ2) is 6.42. The van der Waals surface area contributed by atoms with Gasteiger partial charge in [-0.1, -0.05) is 11.6 Å². The van der Waals surface area contributed by atoms with Crippen LogP contribution in [0.4, 0.5) is 0 Å². The SMILES string of the molecule is CCOc1cc(Cl)c(CNC23CC4CC(CC(C4)C2)C3)cc1OC. The van der Waals surface area contributed by atoms with E-state index >= 15 is 0 Å². The first-order valence-electron chi connectivity index (χ1n) is 9.35. The Balaban J connectivity index is 1.50. The Labute approximate surface area is 150 Å². The highest BCUT2D eigenvalue weighted by Gasteiger charge is 2.50. The molecule has 0 aliphatic heterocycles. The largest absolute Gasteiger partial charge is 0.493 e. The lowest BCUT2D eigenvalue weighted by Gasteiger charge is -2.57. The fourth-order valence-corrected chi connectivity index (χ4v) is 5.97. The number of hydrogen-bond donors (Lipinski definition) is 1. The van der Waals surface area contributed by atoms with E-state index in [4.69, 9.17) is 21.1 Å². The first-order valence-corrected chi connectivity index (χ1v) is 9.73. The average Bonchev–Trinajstić information content (AvgIpc) is 2.53. The zero-order valence-corrected chi connectivity index (χ0v) is 15.5. The Morgan fingerprint density at radius 3 is 2.25 bits per heavy atom. The van der Waals surface area contributed by atoms with Crippen LogP contribution in [0, 0.1) is 17.8 Å². The van der Waals surface area contributed by atoms with Gasteiger partial charge in [-0.05, 0) is 74.8 Å². The number of nitrogens with one attached hydrogen (secondary N) is 1. The minimum Gasteiger partial charge on any atom is -0.493 e. The molecule has 0 heterocycles. The molecule has 1 aromatic rings. The Hall–Kier alpha value is -0.930. The standard InChI is InChI=1S/C20H28ClNO2/c1-3-24-19-8-17(21)16(7-18(19)23-2)12-22-20-9-13-4-14(10-20)6-15(5-13)11-20/h7-8,13-15,22H,3-6,9-12H2,1-2H3. The van der Waals surface area contributed by atoms with E-state index in [1.807, 2.05) is 19.1 Å². The average molecular weight is 350 g/mol. The van der Waals surface area contributed by atoms with Crippen molar-refractivity contribution in [2.45, 2.75) is 57.5 Å². The van der Waals surface area contributed by atoms with Crippen molar-refractivity contribution < 1.29 is 9.47 Å². The van der Waals surface area contributed by atoms with Crippen molar-refractivity contribution in [2.24, 2.45) is 17.8 Å². The third-order valence-corrected chi connectivity index (χ3v) is 6.68. The van der Waals surface area contributed by atoms with Crippen LogP contribution in [-0.4, -0.2) is 19.3 Å². The summed E-state index contributed by atoms with van der Waals surface area (Å²) in [7, 11) is 1.68. The normalized spacial score (nSPS) is 33.7. The van der Waals surface area contributed by atoms with Crippen molar-refractivity contribution in [3.8, 4) is 11.5 Å². The van der Waals surface area contributed by atoms with Gasteiger partial charge in [0.05, 0.1) is 13.7 Å². The fourth-order valence-electron chi connectivity index (χ4n) is 5.75. The zero-order valence-electron chi connectivity index (χ0n) is 14.7. The van der Waals surface area contributed by atoms with Crippen molar-refractivity contribution >= 4 is 11.6 Å². The van der Waals surface area contributed by atoms with Gasteiger partial charge in [-0.25, -0.2) is 0 Å². The van der Waals surface area contributed by atoms with Crippen LogP contribution in [0.1, 0.15) is 51.0 Å². The van der Waals surface area contributed by atoms with E-state index < -0.39 is 0 Å². The second-order valence-electron chi connectivity index (χ2n) is 8.08. The van der Waals surface area contributed by atoms with Gasteiger partial charge in [0, 0.05) is 23.2 Å². The quantitative estimate of drug-likeness (QED) is 0.799. The summed E-state index contributed by atoms with van der Waals surface area (Å²) in [6.45, 7) is 3.39. The van der Waals surface area contributed by atoms with E-state index in [1.165, 1.54) is 38.5 Å². The third kappa shape index (κ3) is 3.01. The summed E-state index contributed by atoms with van der Waals surface area (Å²) in [4.78, 5) is 0. The molecule has 24 heavy (non-hydrogen) atoms. The number of hydrogen-bond acceptors (Lipinski definition) is 3. The highest BCUT2D eigenvalue weighted by Crippen LogP contribution is 2.55. The molecule has 4 aliphatic carbocycles. The lowest BCUT2D eigenvalue weighted by atomic mass is 9.53. The number of methoxy groups -OCH3 is 1. The molecule has 0 saturated heterocycles. The maximum Gasteiger partial charge on any atom is 0.162 e. The topological polar surface area (TPSA) is 30.5 Å². The van der Waals surface area contributed by atoms with Gasteiger partial charge in [-0.3, -0.25) is 0 Å². The molecule has 0 spiro atoms. The van der Waals surface area contributed by atoms with Gasteiger partial charge in [0.1, 0.15) is 0 Å². The summed E-state index contributed by atoms with van der Waals surface area (Å²) in [6.07, 6.45) is 8.47. The molecule has 1 aromatic carbocycles. The maximum atomic E-state index is 6.50. The Bertz CT molecular complexity index is 581. The van der Waals surface area contributed by atoms with Crippen LogP contribution >= 0.6 is 11.6 Å². The van der Waals surface area contributed by atoms with Crippen LogP contribution in [-0.2, 0) is 6.54 Å². The van der Waals surface area contributed by atoms with Crippen LogP contribution < -0.4 is 14.8 Å². The van der Waals surface area contributed by atoms with E-state index in [9.17, 15) is 0 Å². The van der Waals surface area contributed by atoms with Gasteiger partial charge in [0.15, 0.2) is 11.5 Å². The highest BCUT2D eigenvalue weighted by molar-refractivity contribution is 6.31. The van der Waals surface area contributed by atoms with Crippen molar-refractivity contribution in [2.75, 3.05) is 13.7 Å². The fraction of sp³-hybridized carbons (Fsp3) is 0.700. The first kappa shape index (κ1) is 16.5. The summed E-state index contributed by atoms with van der Waals surface area (Å²) in [6, 6.07) is 3.92. The second-order valence-corrected chi connectivity index (χ2v) is 8.49. The van der Waals surface area contributed by atoms with Crippen molar-refractivity contribution in [3.63, 3.8) is 0 Å². The molecule has 0 atom stereocenters. The molecule has 4 aliphatic rings. The summed E-state index contributed by atoms with van der Waals surface area (Å²) < 4.78 is 11.1. The lowest BCUT2D eigenvalue weighted by Crippen LogP contribution is -2.58. The Kier molecular flexibility index (Phi) is 4.42. The van der Waals surface area contributed by atoms with Gasteiger partial charge < -0.3 is 14.8 Å². The zero-order chi connectivity index (χ0) is 16.7. The summed E-state index contributed by atoms with van der Waals surface area (Å²) >= 11 is 6.50. The molecule has 0 amide bonds. The maximum absolute atomic E-state index is 6.50. The minimum atomic E-state index is 0.351. The number of rotatable bonds is 6. The van der Waals surface area contributed by atoms with Gasteiger partial charge >= 0.3 is 0 Å². The molecule has 3 nitrogen and oxygen atoms in total. The monoisotopic (exact) mass is 349 g/mol. The minimum absolute atomic E-state index is 0.351.